The van der Waals surface area contributed by atoms with E-state index in [-0.39, 0.29) is 12.2 Å². The zero-order valence-corrected chi connectivity index (χ0v) is 14.5. The van der Waals surface area contributed by atoms with E-state index in [1.54, 1.807) is 32.9 Å². The Kier molecular flexibility index (Phi) is 6.19. The molecule has 1 unspecified atom stereocenters. The first-order chi connectivity index (χ1) is 10.7. The van der Waals surface area contributed by atoms with Crippen LogP contribution in [0.1, 0.15) is 52.5 Å². The third kappa shape index (κ3) is 4.47. The van der Waals surface area contributed by atoms with Gasteiger partial charge >= 0.3 is 11.9 Å². The molecule has 1 atom stereocenters. The van der Waals surface area contributed by atoms with Crippen LogP contribution in [0.2, 0.25) is 0 Å². The minimum absolute atomic E-state index is 0.0622. The fourth-order valence-electron chi connectivity index (χ4n) is 2.39. The van der Waals surface area contributed by atoms with Crippen molar-refractivity contribution in [2.45, 2.75) is 58.0 Å². The molecule has 1 aromatic carbocycles. The van der Waals surface area contributed by atoms with Crippen LogP contribution in [0, 0.1) is 0 Å². The molecule has 0 spiro atoms. The van der Waals surface area contributed by atoms with E-state index in [4.69, 9.17) is 9.47 Å². The van der Waals surface area contributed by atoms with E-state index in [0.29, 0.717) is 12.0 Å². The maximum Gasteiger partial charge on any atom is 0.328 e. The summed E-state index contributed by atoms with van der Waals surface area (Å²) >= 11 is 0. The van der Waals surface area contributed by atoms with Gasteiger partial charge in [0.1, 0.15) is 11.4 Å². The molecule has 0 bridgehead atoms. The summed E-state index contributed by atoms with van der Waals surface area (Å²) in [5.41, 5.74) is -1.78. The summed E-state index contributed by atoms with van der Waals surface area (Å²) in [5, 5.41) is 9.49. The number of ether oxygens (including phenoxy) is 2. The molecule has 0 saturated carbocycles. The molecular formula is C18H26O5. The van der Waals surface area contributed by atoms with Crippen LogP contribution in [0.3, 0.4) is 0 Å². The van der Waals surface area contributed by atoms with Gasteiger partial charge in [-0.1, -0.05) is 31.9 Å². The van der Waals surface area contributed by atoms with Crippen LogP contribution in [0.5, 0.6) is 5.75 Å². The number of phenolic OH excluding ortho intramolecular Hbond substituents is 1. The normalized spacial score (nSPS) is 14.0. The molecule has 5 heteroatoms. The van der Waals surface area contributed by atoms with Crippen molar-refractivity contribution in [2.24, 2.45) is 0 Å². The van der Waals surface area contributed by atoms with Crippen molar-refractivity contribution in [1.29, 1.82) is 0 Å². The summed E-state index contributed by atoms with van der Waals surface area (Å²) in [6.07, 6.45) is 1.77. The van der Waals surface area contributed by atoms with Gasteiger partial charge in [-0.25, -0.2) is 0 Å². The first-order valence-electron chi connectivity index (χ1n) is 7.78. The van der Waals surface area contributed by atoms with Crippen LogP contribution < -0.4 is 0 Å². The molecule has 5 nitrogen and oxygen atoms in total. The van der Waals surface area contributed by atoms with Gasteiger partial charge in [0.25, 0.3) is 0 Å². The Hall–Kier alpha value is -2.04. The number of unbranched alkanes of at least 4 members (excludes halogenated alkanes) is 1. The van der Waals surface area contributed by atoms with E-state index in [9.17, 15) is 14.7 Å². The lowest BCUT2D eigenvalue weighted by Crippen LogP contribution is -2.48. The smallest absolute Gasteiger partial charge is 0.328 e. The summed E-state index contributed by atoms with van der Waals surface area (Å²) in [6.45, 7) is 7.24. The Balaban J connectivity index is 3.43. The van der Waals surface area contributed by atoms with Crippen LogP contribution in [0.4, 0.5) is 0 Å². The molecule has 0 radical (unpaired) electrons. The standard InChI is InChI=1S/C18H26O5/c1-6-7-12-18(15(20)22-5,16(21)23-17(2,3)4)13-8-10-14(19)11-9-13/h8-11,19H,6-7,12H2,1-5H3. The van der Waals surface area contributed by atoms with Crippen molar-refractivity contribution in [2.75, 3.05) is 7.11 Å². The Morgan fingerprint density at radius 2 is 1.65 bits per heavy atom. The van der Waals surface area contributed by atoms with Gasteiger partial charge in [-0.3, -0.25) is 9.59 Å². The average Bonchev–Trinajstić information content (AvgIpc) is 2.47. The Morgan fingerprint density at radius 3 is 2.09 bits per heavy atom. The molecule has 0 saturated heterocycles. The molecule has 1 rings (SSSR count). The molecule has 23 heavy (non-hydrogen) atoms. The van der Waals surface area contributed by atoms with Gasteiger partial charge < -0.3 is 14.6 Å². The highest BCUT2D eigenvalue weighted by molar-refractivity contribution is 6.06. The second-order valence-electron chi connectivity index (χ2n) is 6.55. The van der Waals surface area contributed by atoms with E-state index in [1.165, 1.54) is 19.2 Å². The van der Waals surface area contributed by atoms with Crippen molar-refractivity contribution in [3.8, 4) is 5.75 Å². The fraction of sp³-hybridized carbons (Fsp3) is 0.556. The first kappa shape index (κ1) is 19.0. The highest BCUT2D eigenvalue weighted by atomic mass is 16.6. The van der Waals surface area contributed by atoms with Gasteiger partial charge in [0, 0.05) is 0 Å². The number of rotatable bonds is 6. The molecule has 0 heterocycles. The van der Waals surface area contributed by atoms with Gasteiger partial charge in [0.05, 0.1) is 7.11 Å². The van der Waals surface area contributed by atoms with Crippen LogP contribution in [-0.4, -0.2) is 29.8 Å². The zero-order valence-electron chi connectivity index (χ0n) is 14.5. The van der Waals surface area contributed by atoms with Crippen molar-refractivity contribution < 1.29 is 24.2 Å². The monoisotopic (exact) mass is 322 g/mol. The molecular weight excluding hydrogens is 296 g/mol. The molecule has 0 amide bonds. The maximum atomic E-state index is 12.9. The fourth-order valence-corrected chi connectivity index (χ4v) is 2.39. The average molecular weight is 322 g/mol. The number of carbonyl (C=O) groups is 2. The minimum Gasteiger partial charge on any atom is -0.508 e. The summed E-state index contributed by atoms with van der Waals surface area (Å²) in [4.78, 5) is 25.5. The van der Waals surface area contributed by atoms with Crippen LogP contribution in [0.15, 0.2) is 24.3 Å². The third-order valence-electron chi connectivity index (χ3n) is 3.55. The molecule has 0 aliphatic heterocycles. The number of benzene rings is 1. The van der Waals surface area contributed by atoms with E-state index < -0.39 is 23.0 Å². The van der Waals surface area contributed by atoms with Crippen LogP contribution >= 0.6 is 0 Å². The zero-order chi connectivity index (χ0) is 17.7. The SMILES string of the molecule is CCCCC(C(=O)OC)(C(=O)OC(C)(C)C)c1ccc(O)cc1. The first-order valence-corrected chi connectivity index (χ1v) is 7.78. The number of esters is 2. The van der Waals surface area contributed by atoms with E-state index >= 15 is 0 Å². The summed E-state index contributed by atoms with van der Waals surface area (Å²) in [5.74, 6) is -1.21. The van der Waals surface area contributed by atoms with Crippen molar-refractivity contribution in [3.63, 3.8) is 0 Å². The highest BCUT2D eigenvalue weighted by Crippen LogP contribution is 2.35. The second-order valence-corrected chi connectivity index (χ2v) is 6.55. The topological polar surface area (TPSA) is 72.8 Å². The highest BCUT2D eigenvalue weighted by Gasteiger charge is 2.50. The van der Waals surface area contributed by atoms with Gasteiger partial charge in [-0.15, -0.1) is 0 Å². The molecule has 0 aliphatic carbocycles. The third-order valence-corrected chi connectivity index (χ3v) is 3.55. The van der Waals surface area contributed by atoms with Gasteiger partial charge in [0.15, 0.2) is 5.41 Å². The predicted octanol–water partition coefficient (Wildman–Crippen LogP) is 3.33. The molecule has 128 valence electrons. The number of hydrogen-bond donors (Lipinski definition) is 1. The Morgan fingerprint density at radius 1 is 1.09 bits per heavy atom. The van der Waals surface area contributed by atoms with Crippen molar-refractivity contribution in [3.05, 3.63) is 29.8 Å². The van der Waals surface area contributed by atoms with E-state index in [0.717, 1.165) is 6.42 Å². The molecule has 0 aliphatic rings. The molecule has 0 fully saturated rings. The molecule has 1 aromatic rings. The molecule has 0 aromatic heterocycles. The second kappa shape index (κ2) is 7.49. The lowest BCUT2D eigenvalue weighted by molar-refractivity contribution is -0.171. The Labute approximate surface area is 137 Å². The van der Waals surface area contributed by atoms with Crippen LogP contribution in [0.25, 0.3) is 0 Å². The quantitative estimate of drug-likeness (QED) is 0.642. The van der Waals surface area contributed by atoms with Crippen molar-refractivity contribution in [1.82, 2.24) is 0 Å². The maximum absolute atomic E-state index is 12.9. The number of carbonyl (C=O) groups excluding carboxylic acids is 2. The van der Waals surface area contributed by atoms with E-state index in [1.807, 2.05) is 6.92 Å². The lowest BCUT2D eigenvalue weighted by Gasteiger charge is -2.32. The van der Waals surface area contributed by atoms with Gasteiger partial charge in [-0.2, -0.15) is 0 Å². The minimum atomic E-state index is -1.52. The number of methoxy groups -OCH3 is 1. The van der Waals surface area contributed by atoms with Crippen molar-refractivity contribution >= 4 is 11.9 Å². The van der Waals surface area contributed by atoms with Gasteiger partial charge in [-0.05, 0) is 44.9 Å². The molecule has 1 N–H and O–H groups in total. The Bertz CT molecular complexity index is 542. The number of phenols is 1. The number of hydrogen-bond acceptors (Lipinski definition) is 5. The summed E-state index contributed by atoms with van der Waals surface area (Å²) < 4.78 is 10.4. The number of aromatic hydroxyl groups is 1. The van der Waals surface area contributed by atoms with Gasteiger partial charge in [0.2, 0.25) is 0 Å². The van der Waals surface area contributed by atoms with E-state index in [2.05, 4.69) is 0 Å². The van der Waals surface area contributed by atoms with Crippen LogP contribution in [-0.2, 0) is 24.5 Å². The summed E-state index contributed by atoms with van der Waals surface area (Å²) in [7, 11) is 1.26. The summed E-state index contributed by atoms with van der Waals surface area (Å²) in [6, 6.07) is 6.02. The largest absolute Gasteiger partial charge is 0.508 e. The lowest BCUT2D eigenvalue weighted by atomic mass is 9.76. The predicted molar refractivity (Wildman–Crippen MR) is 87.2 cm³/mol.